The normalized spacial score (nSPS) is 14.5. The van der Waals surface area contributed by atoms with Crippen LogP contribution in [-0.4, -0.2) is 31.0 Å². The number of benzene rings is 1. The number of rotatable bonds is 7. The second kappa shape index (κ2) is 7.71. The molecule has 0 bridgehead atoms. The molecule has 6 nitrogen and oxygen atoms in total. The first-order valence-corrected chi connectivity index (χ1v) is 11.1. The molecule has 0 unspecified atom stereocenters. The highest BCUT2D eigenvalue weighted by atomic mass is 15.0. The Hall–Kier alpha value is -3.38. The molecule has 31 heavy (non-hydrogen) atoms. The summed E-state index contributed by atoms with van der Waals surface area (Å²) in [6, 6.07) is 13.1. The molecule has 1 saturated carbocycles. The van der Waals surface area contributed by atoms with Crippen molar-refractivity contribution in [2.45, 2.75) is 32.4 Å². The van der Waals surface area contributed by atoms with Crippen molar-refractivity contribution >= 4 is 21.9 Å². The van der Waals surface area contributed by atoms with Crippen LogP contribution in [-0.2, 0) is 13.1 Å². The number of pyridine rings is 1. The van der Waals surface area contributed by atoms with E-state index in [1.807, 2.05) is 24.8 Å². The fraction of sp³-hybridized carbons (Fsp3) is 0.280. The molecule has 3 N–H and O–H groups in total. The standard InChI is InChI=1S/C25H26N6/c1-2-17(3-1)11-26-13-22-10-19-5-4-18(8-23(19)30-22)14-31-15-24(29-16-31)21-9-20-6-7-27-25(20)28-12-21/h4-10,12,15-17,26,30H,1-3,11,13-14H2,(H,27,28). The predicted octanol–water partition coefficient (Wildman–Crippen LogP) is 4.85. The molecule has 1 aliphatic rings. The minimum Gasteiger partial charge on any atom is -0.357 e. The molecule has 4 aromatic heterocycles. The summed E-state index contributed by atoms with van der Waals surface area (Å²) in [6.45, 7) is 2.83. The smallest absolute Gasteiger partial charge is 0.137 e. The molecule has 1 aliphatic carbocycles. The summed E-state index contributed by atoms with van der Waals surface area (Å²) >= 11 is 0. The van der Waals surface area contributed by atoms with E-state index in [0.29, 0.717) is 0 Å². The molecule has 1 fully saturated rings. The maximum absolute atomic E-state index is 4.60. The predicted molar refractivity (Wildman–Crippen MR) is 124 cm³/mol. The van der Waals surface area contributed by atoms with E-state index in [-0.39, 0.29) is 0 Å². The zero-order valence-corrected chi connectivity index (χ0v) is 17.4. The van der Waals surface area contributed by atoms with Gasteiger partial charge in [0.25, 0.3) is 0 Å². The summed E-state index contributed by atoms with van der Waals surface area (Å²) in [5, 5.41) is 5.96. The van der Waals surface area contributed by atoms with Crippen LogP contribution in [0.15, 0.2) is 61.3 Å². The van der Waals surface area contributed by atoms with Gasteiger partial charge in [-0.15, -0.1) is 0 Å². The Kier molecular flexibility index (Phi) is 4.57. The van der Waals surface area contributed by atoms with E-state index in [2.05, 4.69) is 66.3 Å². The van der Waals surface area contributed by atoms with Crippen molar-refractivity contribution < 1.29 is 0 Å². The van der Waals surface area contributed by atoms with Crippen molar-refractivity contribution in [1.29, 1.82) is 0 Å². The van der Waals surface area contributed by atoms with Gasteiger partial charge < -0.3 is 19.9 Å². The highest BCUT2D eigenvalue weighted by Crippen LogP contribution is 2.25. The van der Waals surface area contributed by atoms with E-state index >= 15 is 0 Å². The second-order valence-corrected chi connectivity index (χ2v) is 8.71. The number of imidazole rings is 1. The number of hydrogen-bond acceptors (Lipinski definition) is 3. The largest absolute Gasteiger partial charge is 0.357 e. The van der Waals surface area contributed by atoms with E-state index < -0.39 is 0 Å². The summed E-state index contributed by atoms with van der Waals surface area (Å²) in [7, 11) is 0. The topological polar surface area (TPSA) is 74.3 Å². The quantitative estimate of drug-likeness (QED) is 0.359. The van der Waals surface area contributed by atoms with Gasteiger partial charge in [-0.2, -0.15) is 0 Å². The molecule has 0 aliphatic heterocycles. The minimum absolute atomic E-state index is 0.789. The minimum atomic E-state index is 0.789. The van der Waals surface area contributed by atoms with Gasteiger partial charge in [-0.25, -0.2) is 9.97 Å². The van der Waals surface area contributed by atoms with Gasteiger partial charge in [0.15, 0.2) is 0 Å². The van der Waals surface area contributed by atoms with Crippen LogP contribution in [0.2, 0.25) is 0 Å². The number of hydrogen-bond donors (Lipinski definition) is 3. The van der Waals surface area contributed by atoms with Gasteiger partial charge >= 0.3 is 0 Å². The molecule has 0 amide bonds. The zero-order valence-electron chi connectivity index (χ0n) is 17.4. The fourth-order valence-corrected chi connectivity index (χ4v) is 4.42. The van der Waals surface area contributed by atoms with Crippen LogP contribution in [0.3, 0.4) is 0 Å². The Morgan fingerprint density at radius 3 is 2.94 bits per heavy atom. The van der Waals surface area contributed by atoms with Crippen LogP contribution in [0, 0.1) is 5.92 Å². The molecule has 5 aromatic rings. The average Bonchev–Trinajstić information content (AvgIpc) is 3.48. The first-order chi connectivity index (χ1) is 15.3. The van der Waals surface area contributed by atoms with E-state index in [4.69, 9.17) is 0 Å². The fourth-order valence-electron chi connectivity index (χ4n) is 4.42. The SMILES string of the molecule is c1cc2cc(-c3cn(Cc4ccc5cc(CNCC6CCC6)[nH]c5c4)cn3)cnc2[nH]1. The number of H-pyrrole nitrogens is 2. The molecule has 0 spiro atoms. The Morgan fingerprint density at radius 2 is 2.03 bits per heavy atom. The second-order valence-electron chi connectivity index (χ2n) is 8.71. The number of nitrogens with one attached hydrogen (secondary N) is 3. The van der Waals surface area contributed by atoms with Gasteiger partial charge in [0.05, 0.1) is 12.0 Å². The maximum Gasteiger partial charge on any atom is 0.137 e. The van der Waals surface area contributed by atoms with Crippen molar-refractivity contribution in [3.63, 3.8) is 0 Å². The van der Waals surface area contributed by atoms with E-state index in [9.17, 15) is 0 Å². The summed E-state index contributed by atoms with van der Waals surface area (Å²) < 4.78 is 2.13. The lowest BCUT2D eigenvalue weighted by molar-refractivity contribution is 0.301. The molecule has 0 saturated heterocycles. The lowest BCUT2D eigenvalue weighted by atomic mass is 9.85. The zero-order chi connectivity index (χ0) is 20.6. The molecule has 4 heterocycles. The van der Waals surface area contributed by atoms with Crippen LogP contribution >= 0.6 is 0 Å². The highest BCUT2D eigenvalue weighted by molar-refractivity contribution is 5.81. The molecular formula is C25H26N6. The van der Waals surface area contributed by atoms with Crippen LogP contribution in [0.1, 0.15) is 30.5 Å². The number of nitrogens with zero attached hydrogens (tertiary/aromatic N) is 3. The van der Waals surface area contributed by atoms with Gasteiger partial charge in [-0.05, 0) is 60.5 Å². The third-order valence-corrected chi connectivity index (χ3v) is 6.41. The molecule has 156 valence electrons. The first kappa shape index (κ1) is 18.4. The number of aromatic nitrogens is 5. The van der Waals surface area contributed by atoms with Crippen LogP contribution in [0.5, 0.6) is 0 Å². The highest BCUT2D eigenvalue weighted by Gasteiger charge is 2.16. The lowest BCUT2D eigenvalue weighted by Gasteiger charge is -2.25. The Balaban J connectivity index is 1.15. The third-order valence-electron chi connectivity index (χ3n) is 6.41. The summed E-state index contributed by atoms with van der Waals surface area (Å²) in [6.07, 6.45) is 11.9. The van der Waals surface area contributed by atoms with E-state index in [1.54, 1.807) is 0 Å². The molecule has 1 aromatic carbocycles. The molecule has 6 rings (SSSR count). The molecule has 0 radical (unpaired) electrons. The van der Waals surface area contributed by atoms with E-state index in [0.717, 1.165) is 47.8 Å². The van der Waals surface area contributed by atoms with Crippen molar-refractivity contribution in [3.05, 3.63) is 72.6 Å². The number of fused-ring (bicyclic) bond motifs is 2. The van der Waals surface area contributed by atoms with E-state index in [1.165, 1.54) is 41.4 Å². The van der Waals surface area contributed by atoms with Gasteiger partial charge in [0.1, 0.15) is 5.65 Å². The van der Waals surface area contributed by atoms with Crippen molar-refractivity contribution in [3.8, 4) is 11.3 Å². The van der Waals surface area contributed by atoms with Gasteiger partial charge in [-0.1, -0.05) is 18.6 Å². The Morgan fingerprint density at radius 1 is 1.06 bits per heavy atom. The van der Waals surface area contributed by atoms with Crippen molar-refractivity contribution in [1.82, 2.24) is 29.8 Å². The average molecular weight is 411 g/mol. The molecule has 0 atom stereocenters. The van der Waals surface area contributed by atoms with Gasteiger partial charge in [0.2, 0.25) is 0 Å². The monoisotopic (exact) mass is 410 g/mol. The van der Waals surface area contributed by atoms with Gasteiger partial charge in [0, 0.05) is 53.8 Å². The van der Waals surface area contributed by atoms with Crippen molar-refractivity contribution in [2.24, 2.45) is 5.92 Å². The first-order valence-electron chi connectivity index (χ1n) is 11.1. The summed E-state index contributed by atoms with van der Waals surface area (Å²) in [4.78, 5) is 15.8. The molecular weight excluding hydrogens is 384 g/mol. The van der Waals surface area contributed by atoms with Crippen LogP contribution in [0.25, 0.3) is 33.2 Å². The van der Waals surface area contributed by atoms with Crippen LogP contribution < -0.4 is 5.32 Å². The Bertz CT molecular complexity index is 1340. The number of aromatic amines is 2. The van der Waals surface area contributed by atoms with Crippen LogP contribution in [0.4, 0.5) is 0 Å². The lowest BCUT2D eigenvalue weighted by Crippen LogP contribution is -2.26. The third kappa shape index (κ3) is 3.75. The summed E-state index contributed by atoms with van der Waals surface area (Å²) in [5.41, 5.74) is 6.58. The molecule has 6 heteroatoms. The maximum atomic E-state index is 4.60. The van der Waals surface area contributed by atoms with Crippen molar-refractivity contribution in [2.75, 3.05) is 6.54 Å². The Labute approximate surface area is 180 Å². The van der Waals surface area contributed by atoms with Gasteiger partial charge in [-0.3, -0.25) is 0 Å². The summed E-state index contributed by atoms with van der Waals surface area (Å²) in [5.74, 6) is 0.886.